The number of halogens is 1. The molecule has 1 aromatic carbocycles. The Morgan fingerprint density at radius 1 is 1.24 bits per heavy atom. The average Bonchev–Trinajstić information content (AvgIpc) is 2.41. The van der Waals surface area contributed by atoms with E-state index in [0.717, 1.165) is 25.7 Å². The molecule has 0 heterocycles. The zero-order chi connectivity index (χ0) is 15.4. The molecule has 0 bridgehead atoms. The van der Waals surface area contributed by atoms with Gasteiger partial charge in [0.15, 0.2) is 0 Å². The summed E-state index contributed by atoms with van der Waals surface area (Å²) in [7, 11) is 0. The van der Waals surface area contributed by atoms with Crippen molar-refractivity contribution in [3.63, 3.8) is 0 Å². The van der Waals surface area contributed by atoms with E-state index in [1.54, 1.807) is 6.07 Å². The van der Waals surface area contributed by atoms with E-state index < -0.39 is 5.97 Å². The summed E-state index contributed by atoms with van der Waals surface area (Å²) in [4.78, 5) is 23.2. The van der Waals surface area contributed by atoms with Crippen molar-refractivity contribution in [3.05, 3.63) is 28.8 Å². The summed E-state index contributed by atoms with van der Waals surface area (Å²) in [6, 6.07) is 4.37. The third-order valence-electron chi connectivity index (χ3n) is 3.83. The van der Waals surface area contributed by atoms with Gasteiger partial charge in [-0.05, 0) is 43.7 Å². The number of urea groups is 1. The van der Waals surface area contributed by atoms with Gasteiger partial charge in [0.1, 0.15) is 5.56 Å². The third kappa shape index (κ3) is 4.11. The summed E-state index contributed by atoms with van der Waals surface area (Å²) < 4.78 is 0. The van der Waals surface area contributed by atoms with Crippen LogP contribution >= 0.6 is 11.6 Å². The van der Waals surface area contributed by atoms with Crippen molar-refractivity contribution in [2.45, 2.75) is 38.6 Å². The van der Waals surface area contributed by atoms with E-state index in [1.165, 1.54) is 12.1 Å². The number of hydrogen-bond donors (Lipinski definition) is 3. The molecular weight excluding hydrogens is 292 g/mol. The first-order valence-corrected chi connectivity index (χ1v) is 7.44. The predicted octanol–water partition coefficient (Wildman–Crippen LogP) is 3.74. The Labute approximate surface area is 128 Å². The van der Waals surface area contributed by atoms with E-state index in [4.69, 9.17) is 16.7 Å². The van der Waals surface area contributed by atoms with Crippen molar-refractivity contribution < 1.29 is 14.7 Å². The Morgan fingerprint density at radius 3 is 2.52 bits per heavy atom. The van der Waals surface area contributed by atoms with E-state index in [0.29, 0.717) is 5.92 Å². The molecule has 21 heavy (non-hydrogen) atoms. The largest absolute Gasteiger partial charge is 0.478 e. The van der Waals surface area contributed by atoms with Gasteiger partial charge in [-0.15, -0.1) is 0 Å². The minimum Gasteiger partial charge on any atom is -0.478 e. The molecule has 3 N–H and O–H groups in total. The lowest BCUT2D eigenvalue weighted by molar-refractivity contribution is 0.0698. The van der Waals surface area contributed by atoms with Gasteiger partial charge >= 0.3 is 12.0 Å². The first-order valence-electron chi connectivity index (χ1n) is 7.06. The molecule has 0 atom stereocenters. The van der Waals surface area contributed by atoms with E-state index >= 15 is 0 Å². The van der Waals surface area contributed by atoms with Crippen LogP contribution in [0.5, 0.6) is 0 Å². The molecule has 0 unspecified atom stereocenters. The van der Waals surface area contributed by atoms with Crippen molar-refractivity contribution in [2.24, 2.45) is 5.92 Å². The molecule has 2 amide bonds. The first kappa shape index (κ1) is 15.6. The van der Waals surface area contributed by atoms with Crippen LogP contribution in [-0.4, -0.2) is 23.1 Å². The minimum atomic E-state index is -1.16. The van der Waals surface area contributed by atoms with Gasteiger partial charge in [-0.2, -0.15) is 0 Å². The summed E-state index contributed by atoms with van der Waals surface area (Å²) in [5, 5.41) is 14.7. The van der Waals surface area contributed by atoms with Crippen LogP contribution in [0.2, 0.25) is 5.02 Å². The van der Waals surface area contributed by atoms with Crippen molar-refractivity contribution in [1.82, 2.24) is 5.32 Å². The van der Waals surface area contributed by atoms with Crippen LogP contribution in [0.25, 0.3) is 0 Å². The fourth-order valence-electron chi connectivity index (χ4n) is 2.59. The molecule has 6 heteroatoms. The second-order valence-electron chi connectivity index (χ2n) is 5.52. The fourth-order valence-corrected chi connectivity index (χ4v) is 2.85. The van der Waals surface area contributed by atoms with Crippen molar-refractivity contribution in [3.8, 4) is 0 Å². The average molecular weight is 311 g/mol. The normalized spacial score (nSPS) is 21.6. The van der Waals surface area contributed by atoms with E-state index in [2.05, 4.69) is 17.6 Å². The zero-order valence-corrected chi connectivity index (χ0v) is 12.6. The molecule has 114 valence electrons. The predicted molar refractivity (Wildman–Crippen MR) is 82.0 cm³/mol. The lowest BCUT2D eigenvalue weighted by atomic mass is 9.87. The monoisotopic (exact) mass is 310 g/mol. The van der Waals surface area contributed by atoms with Gasteiger partial charge in [0, 0.05) is 6.04 Å². The molecule has 5 nitrogen and oxygen atoms in total. The summed E-state index contributed by atoms with van der Waals surface area (Å²) in [5.74, 6) is -0.458. The Kier molecular flexibility index (Phi) is 5.07. The fraction of sp³-hybridized carbons (Fsp3) is 0.467. The smallest absolute Gasteiger partial charge is 0.339 e. The van der Waals surface area contributed by atoms with E-state index in [1.807, 2.05) is 0 Å². The van der Waals surface area contributed by atoms with Crippen LogP contribution in [0.1, 0.15) is 43.0 Å². The maximum absolute atomic E-state index is 12.0. The van der Waals surface area contributed by atoms with Crippen molar-refractivity contribution in [2.75, 3.05) is 5.32 Å². The highest BCUT2D eigenvalue weighted by Crippen LogP contribution is 2.25. The molecule has 0 spiro atoms. The van der Waals surface area contributed by atoms with E-state index in [-0.39, 0.29) is 28.3 Å². The number of anilines is 1. The van der Waals surface area contributed by atoms with Crippen LogP contribution < -0.4 is 10.6 Å². The topological polar surface area (TPSA) is 78.4 Å². The van der Waals surface area contributed by atoms with Gasteiger partial charge in [0.25, 0.3) is 0 Å². The van der Waals surface area contributed by atoms with Gasteiger partial charge in [-0.3, -0.25) is 0 Å². The summed E-state index contributed by atoms with van der Waals surface area (Å²) in [6.07, 6.45) is 4.11. The molecule has 1 aromatic rings. The second-order valence-corrected chi connectivity index (χ2v) is 5.93. The summed E-state index contributed by atoms with van der Waals surface area (Å²) >= 11 is 5.86. The maximum Gasteiger partial charge on any atom is 0.339 e. The number of carbonyl (C=O) groups excluding carboxylic acids is 1. The van der Waals surface area contributed by atoms with Crippen LogP contribution in [-0.2, 0) is 0 Å². The molecule has 1 fully saturated rings. The molecule has 1 saturated carbocycles. The number of carbonyl (C=O) groups is 2. The number of carboxylic acids is 1. The highest BCUT2D eigenvalue weighted by Gasteiger charge is 2.21. The van der Waals surface area contributed by atoms with Gasteiger partial charge in [-0.1, -0.05) is 24.6 Å². The first-order chi connectivity index (χ1) is 9.97. The number of benzene rings is 1. The number of amides is 2. The summed E-state index contributed by atoms with van der Waals surface area (Å²) in [6.45, 7) is 2.21. The van der Waals surface area contributed by atoms with Crippen molar-refractivity contribution >= 4 is 29.3 Å². The molecule has 0 saturated heterocycles. The second kappa shape index (κ2) is 6.80. The number of aromatic carboxylic acids is 1. The number of carboxylic acid groups (broad SMARTS) is 1. The molecule has 1 aliphatic carbocycles. The molecule has 0 radical (unpaired) electrons. The van der Waals surface area contributed by atoms with Crippen LogP contribution in [0.3, 0.4) is 0 Å². The molecule has 0 aromatic heterocycles. The van der Waals surface area contributed by atoms with Gasteiger partial charge in [-0.25, -0.2) is 9.59 Å². The third-order valence-corrected chi connectivity index (χ3v) is 4.14. The number of rotatable bonds is 3. The van der Waals surface area contributed by atoms with Crippen molar-refractivity contribution in [1.29, 1.82) is 0 Å². The van der Waals surface area contributed by atoms with Crippen LogP contribution in [0, 0.1) is 5.92 Å². The number of nitrogens with one attached hydrogen (secondary N) is 2. The standard InChI is InChI=1S/C15H19ClN2O3/c1-9-5-7-10(8-6-9)17-15(21)18-12-4-2-3-11(16)13(12)14(19)20/h2-4,9-10H,5-8H2,1H3,(H,19,20)(H2,17,18,21). The molecule has 1 aliphatic rings. The highest BCUT2D eigenvalue weighted by atomic mass is 35.5. The highest BCUT2D eigenvalue weighted by molar-refractivity contribution is 6.34. The molecular formula is C15H19ClN2O3. The van der Waals surface area contributed by atoms with E-state index in [9.17, 15) is 9.59 Å². The minimum absolute atomic E-state index is 0.0911. The van der Waals surface area contributed by atoms with Crippen LogP contribution in [0.4, 0.5) is 10.5 Å². The quantitative estimate of drug-likeness (QED) is 0.795. The van der Waals surface area contributed by atoms with Gasteiger partial charge in [0.05, 0.1) is 10.7 Å². The molecule has 0 aliphatic heterocycles. The van der Waals surface area contributed by atoms with Gasteiger partial charge in [0.2, 0.25) is 0 Å². The lowest BCUT2D eigenvalue weighted by Gasteiger charge is -2.27. The van der Waals surface area contributed by atoms with Gasteiger partial charge < -0.3 is 15.7 Å². The Balaban J connectivity index is 2.00. The SMILES string of the molecule is CC1CCC(NC(=O)Nc2cccc(Cl)c2C(=O)O)CC1. The zero-order valence-electron chi connectivity index (χ0n) is 11.9. The Morgan fingerprint density at radius 2 is 1.90 bits per heavy atom. The Bertz CT molecular complexity index is 540. The Hall–Kier alpha value is -1.75. The molecule has 2 rings (SSSR count). The number of hydrogen-bond acceptors (Lipinski definition) is 2. The maximum atomic E-state index is 12.0. The lowest BCUT2D eigenvalue weighted by Crippen LogP contribution is -2.40. The summed E-state index contributed by atoms with van der Waals surface area (Å²) in [5.41, 5.74) is 0.114. The van der Waals surface area contributed by atoms with Crippen LogP contribution in [0.15, 0.2) is 18.2 Å².